The molecule has 0 aromatic carbocycles. The number of likely N-dealkylation sites (tertiary alicyclic amines) is 1. The van der Waals surface area contributed by atoms with E-state index in [2.05, 4.69) is 4.74 Å². The Morgan fingerprint density at radius 3 is 2.80 bits per heavy atom. The van der Waals surface area contributed by atoms with Crippen molar-refractivity contribution in [2.24, 2.45) is 5.73 Å². The van der Waals surface area contributed by atoms with Gasteiger partial charge in [0.15, 0.2) is 0 Å². The number of methoxy groups -OCH3 is 1. The molecule has 1 amide bonds. The van der Waals surface area contributed by atoms with E-state index < -0.39 is 5.97 Å². The lowest BCUT2D eigenvalue weighted by Gasteiger charge is -2.34. The molecule has 0 aliphatic carbocycles. The van der Waals surface area contributed by atoms with Crippen molar-refractivity contribution in [1.29, 1.82) is 0 Å². The summed E-state index contributed by atoms with van der Waals surface area (Å²) in [6, 6.07) is 0.0934. The molecule has 15 heavy (non-hydrogen) atoms. The summed E-state index contributed by atoms with van der Waals surface area (Å²) >= 11 is 0. The number of esters is 1. The van der Waals surface area contributed by atoms with Gasteiger partial charge in [-0.15, -0.1) is 0 Å². The average Bonchev–Trinajstić information content (AvgIpc) is 2.28. The van der Waals surface area contributed by atoms with Crippen LogP contribution in [0.5, 0.6) is 0 Å². The van der Waals surface area contributed by atoms with Crippen molar-refractivity contribution in [3.8, 4) is 0 Å². The van der Waals surface area contributed by atoms with Crippen LogP contribution in [0.3, 0.4) is 0 Å². The van der Waals surface area contributed by atoms with E-state index in [-0.39, 0.29) is 18.4 Å². The number of nitrogens with two attached hydrogens (primary N) is 1. The highest BCUT2D eigenvalue weighted by molar-refractivity contribution is 5.94. The zero-order valence-corrected chi connectivity index (χ0v) is 9.07. The molecular weight excluding hydrogens is 196 g/mol. The minimum atomic E-state index is -0.485. The minimum Gasteiger partial charge on any atom is -0.469 e. The van der Waals surface area contributed by atoms with E-state index in [1.165, 1.54) is 7.11 Å². The maximum Gasteiger partial charge on any atom is 0.315 e. The Morgan fingerprint density at radius 2 is 2.20 bits per heavy atom. The molecule has 1 aliphatic heterocycles. The third-order valence-electron chi connectivity index (χ3n) is 2.74. The maximum atomic E-state index is 11.7. The summed E-state index contributed by atoms with van der Waals surface area (Å²) < 4.78 is 4.46. The standard InChI is InChI=1S/C10H18N2O3/c1-15-10(14)6-9(13)12-5-3-2-4-8(12)7-11/h8H,2-7,11H2,1H3. The molecule has 86 valence electrons. The molecule has 1 heterocycles. The van der Waals surface area contributed by atoms with Crippen LogP contribution in [0.4, 0.5) is 0 Å². The number of hydrogen-bond donors (Lipinski definition) is 1. The van der Waals surface area contributed by atoms with Crippen LogP contribution < -0.4 is 5.73 Å². The second-order valence-corrected chi connectivity index (χ2v) is 3.73. The molecule has 1 saturated heterocycles. The van der Waals surface area contributed by atoms with Gasteiger partial charge in [-0.1, -0.05) is 0 Å². The highest BCUT2D eigenvalue weighted by Gasteiger charge is 2.26. The van der Waals surface area contributed by atoms with Crippen LogP contribution in [0.1, 0.15) is 25.7 Å². The Kier molecular flexibility index (Phi) is 4.55. The number of nitrogens with zero attached hydrogens (tertiary/aromatic N) is 1. The number of carbonyl (C=O) groups is 2. The van der Waals surface area contributed by atoms with E-state index in [9.17, 15) is 9.59 Å². The van der Waals surface area contributed by atoms with Crippen molar-refractivity contribution >= 4 is 11.9 Å². The maximum absolute atomic E-state index is 11.7. The van der Waals surface area contributed by atoms with E-state index in [0.29, 0.717) is 13.1 Å². The van der Waals surface area contributed by atoms with Crippen molar-refractivity contribution in [2.45, 2.75) is 31.7 Å². The van der Waals surface area contributed by atoms with Crippen molar-refractivity contribution in [3.05, 3.63) is 0 Å². The molecule has 1 unspecified atom stereocenters. The lowest BCUT2D eigenvalue weighted by atomic mass is 10.0. The largest absolute Gasteiger partial charge is 0.469 e. The van der Waals surface area contributed by atoms with Gasteiger partial charge in [0.05, 0.1) is 7.11 Å². The summed E-state index contributed by atoms with van der Waals surface area (Å²) in [7, 11) is 1.28. The summed E-state index contributed by atoms with van der Waals surface area (Å²) in [5, 5.41) is 0. The Bertz CT molecular complexity index is 243. The van der Waals surface area contributed by atoms with E-state index >= 15 is 0 Å². The number of carbonyl (C=O) groups excluding carboxylic acids is 2. The van der Waals surface area contributed by atoms with Gasteiger partial charge in [0, 0.05) is 19.1 Å². The predicted molar refractivity (Wildman–Crippen MR) is 55.0 cm³/mol. The second-order valence-electron chi connectivity index (χ2n) is 3.73. The van der Waals surface area contributed by atoms with Crippen molar-refractivity contribution in [1.82, 2.24) is 4.90 Å². The Balaban J connectivity index is 2.52. The number of piperidine rings is 1. The number of rotatable bonds is 3. The first kappa shape index (κ1) is 12.0. The summed E-state index contributed by atoms with van der Waals surface area (Å²) in [6.45, 7) is 1.17. The normalized spacial score (nSPS) is 21.2. The fourth-order valence-corrected chi connectivity index (χ4v) is 1.87. The minimum absolute atomic E-state index is 0.0934. The monoisotopic (exact) mass is 214 g/mol. The second kappa shape index (κ2) is 5.70. The molecule has 0 bridgehead atoms. The number of amides is 1. The molecule has 1 aliphatic rings. The fourth-order valence-electron chi connectivity index (χ4n) is 1.87. The summed E-state index contributed by atoms with van der Waals surface area (Å²) in [4.78, 5) is 24.4. The third kappa shape index (κ3) is 3.20. The molecule has 1 atom stereocenters. The summed E-state index contributed by atoms with van der Waals surface area (Å²) in [5.41, 5.74) is 5.58. The lowest BCUT2D eigenvalue weighted by Crippen LogP contribution is -2.47. The zero-order valence-electron chi connectivity index (χ0n) is 9.07. The van der Waals surface area contributed by atoms with E-state index in [0.717, 1.165) is 19.3 Å². The third-order valence-corrected chi connectivity index (χ3v) is 2.74. The molecule has 1 fully saturated rings. The van der Waals surface area contributed by atoms with Gasteiger partial charge in [-0.05, 0) is 19.3 Å². The molecule has 5 nitrogen and oxygen atoms in total. The molecule has 0 saturated carbocycles. The zero-order chi connectivity index (χ0) is 11.3. The van der Waals surface area contributed by atoms with Crippen molar-refractivity contribution in [3.63, 3.8) is 0 Å². The van der Waals surface area contributed by atoms with Crippen LogP contribution in [-0.2, 0) is 14.3 Å². The highest BCUT2D eigenvalue weighted by atomic mass is 16.5. The Morgan fingerprint density at radius 1 is 1.47 bits per heavy atom. The van der Waals surface area contributed by atoms with Gasteiger partial charge < -0.3 is 15.4 Å². The molecule has 1 rings (SSSR count). The fraction of sp³-hybridized carbons (Fsp3) is 0.800. The van der Waals surface area contributed by atoms with Gasteiger partial charge in [-0.25, -0.2) is 0 Å². The lowest BCUT2D eigenvalue weighted by molar-refractivity contribution is -0.148. The Hall–Kier alpha value is -1.10. The van der Waals surface area contributed by atoms with Crippen LogP contribution >= 0.6 is 0 Å². The first-order valence-electron chi connectivity index (χ1n) is 5.25. The molecule has 0 spiro atoms. The van der Waals surface area contributed by atoms with Gasteiger partial charge >= 0.3 is 5.97 Å². The SMILES string of the molecule is COC(=O)CC(=O)N1CCCCC1CN. The van der Waals surface area contributed by atoms with Gasteiger partial charge in [-0.2, -0.15) is 0 Å². The van der Waals surface area contributed by atoms with Crippen molar-refractivity contribution in [2.75, 3.05) is 20.2 Å². The van der Waals surface area contributed by atoms with E-state index in [1.807, 2.05) is 0 Å². The van der Waals surface area contributed by atoms with Gasteiger partial charge in [0.2, 0.25) is 5.91 Å². The number of hydrogen-bond acceptors (Lipinski definition) is 4. The average molecular weight is 214 g/mol. The first-order chi connectivity index (χ1) is 7.19. The Labute approximate surface area is 89.6 Å². The van der Waals surface area contributed by atoms with Crippen LogP contribution in [-0.4, -0.2) is 43.0 Å². The molecule has 5 heteroatoms. The summed E-state index contributed by atoms with van der Waals surface area (Å²) in [6.07, 6.45) is 2.85. The number of ether oxygens (including phenoxy) is 1. The van der Waals surface area contributed by atoms with Crippen LogP contribution in [0.2, 0.25) is 0 Å². The molecule has 0 aromatic rings. The molecular formula is C10H18N2O3. The molecule has 0 radical (unpaired) electrons. The molecule has 0 aromatic heterocycles. The van der Waals surface area contributed by atoms with Gasteiger partial charge in [-0.3, -0.25) is 9.59 Å². The van der Waals surface area contributed by atoms with Crippen LogP contribution in [0.15, 0.2) is 0 Å². The van der Waals surface area contributed by atoms with Gasteiger partial charge in [0.1, 0.15) is 6.42 Å². The first-order valence-corrected chi connectivity index (χ1v) is 5.25. The van der Waals surface area contributed by atoms with Crippen molar-refractivity contribution < 1.29 is 14.3 Å². The predicted octanol–water partition coefficient (Wildman–Crippen LogP) is -0.111. The highest BCUT2D eigenvalue weighted by Crippen LogP contribution is 2.17. The van der Waals surface area contributed by atoms with Crippen LogP contribution in [0.25, 0.3) is 0 Å². The topological polar surface area (TPSA) is 72.6 Å². The smallest absolute Gasteiger partial charge is 0.315 e. The molecule has 2 N–H and O–H groups in total. The quantitative estimate of drug-likeness (QED) is 0.525. The van der Waals surface area contributed by atoms with Crippen LogP contribution in [0, 0.1) is 0 Å². The summed E-state index contributed by atoms with van der Waals surface area (Å²) in [5.74, 6) is -0.654. The van der Waals surface area contributed by atoms with Gasteiger partial charge in [0.25, 0.3) is 0 Å². The van der Waals surface area contributed by atoms with E-state index in [4.69, 9.17) is 5.73 Å². The van der Waals surface area contributed by atoms with E-state index in [1.54, 1.807) is 4.90 Å².